The third-order valence-corrected chi connectivity index (χ3v) is 5.75. The van der Waals surface area contributed by atoms with E-state index >= 15 is 0 Å². The van der Waals surface area contributed by atoms with E-state index in [1.807, 2.05) is 12.1 Å². The quantitative estimate of drug-likeness (QED) is 0.827. The molecular weight excluding hydrogens is 278 g/mol. The van der Waals surface area contributed by atoms with E-state index in [1.165, 1.54) is 4.31 Å². The van der Waals surface area contributed by atoms with Crippen molar-refractivity contribution in [3.05, 3.63) is 24.4 Å². The van der Waals surface area contributed by atoms with Crippen molar-refractivity contribution >= 4 is 10.2 Å². The SMILES string of the molecule is O=S(=O)(N1CCCC1)N1CC[C@@H](Oc2ccccn2)C1. The van der Waals surface area contributed by atoms with Gasteiger partial charge in [-0.2, -0.15) is 17.0 Å². The number of pyridine rings is 1. The molecule has 0 unspecified atom stereocenters. The van der Waals surface area contributed by atoms with Gasteiger partial charge in [0.1, 0.15) is 6.10 Å². The molecule has 6 nitrogen and oxygen atoms in total. The van der Waals surface area contributed by atoms with E-state index in [-0.39, 0.29) is 6.10 Å². The number of nitrogens with zero attached hydrogens (tertiary/aromatic N) is 3. The summed E-state index contributed by atoms with van der Waals surface area (Å²) in [5.41, 5.74) is 0. The van der Waals surface area contributed by atoms with Gasteiger partial charge in [0, 0.05) is 31.9 Å². The molecule has 1 aromatic heterocycles. The Kier molecular flexibility index (Phi) is 3.91. The number of rotatable bonds is 4. The van der Waals surface area contributed by atoms with Crippen molar-refractivity contribution in [3.63, 3.8) is 0 Å². The number of hydrogen-bond acceptors (Lipinski definition) is 4. The molecule has 7 heteroatoms. The molecule has 2 saturated heterocycles. The topological polar surface area (TPSA) is 62.7 Å². The van der Waals surface area contributed by atoms with Crippen LogP contribution in [-0.4, -0.2) is 54.3 Å². The molecule has 0 saturated carbocycles. The van der Waals surface area contributed by atoms with Gasteiger partial charge in [-0.1, -0.05) is 6.07 Å². The average molecular weight is 297 g/mol. The van der Waals surface area contributed by atoms with Crippen LogP contribution in [0, 0.1) is 0 Å². The summed E-state index contributed by atoms with van der Waals surface area (Å²) in [6.07, 6.45) is 4.19. The highest BCUT2D eigenvalue weighted by Crippen LogP contribution is 2.23. The molecule has 0 aliphatic carbocycles. The highest BCUT2D eigenvalue weighted by atomic mass is 32.2. The molecule has 2 aliphatic heterocycles. The maximum absolute atomic E-state index is 12.4. The molecule has 0 amide bonds. The molecule has 0 aromatic carbocycles. The minimum absolute atomic E-state index is 0.109. The van der Waals surface area contributed by atoms with Crippen molar-refractivity contribution in [1.29, 1.82) is 0 Å². The van der Waals surface area contributed by atoms with Crippen molar-refractivity contribution in [2.75, 3.05) is 26.2 Å². The lowest BCUT2D eigenvalue weighted by Crippen LogP contribution is -2.41. The lowest BCUT2D eigenvalue weighted by Gasteiger charge is -2.23. The molecule has 0 N–H and O–H groups in total. The Morgan fingerprint density at radius 1 is 1.15 bits per heavy atom. The second-order valence-corrected chi connectivity index (χ2v) is 7.10. The Balaban J connectivity index is 1.62. The summed E-state index contributed by atoms with van der Waals surface area (Å²) in [5.74, 6) is 0.554. The zero-order valence-corrected chi connectivity index (χ0v) is 12.1. The van der Waals surface area contributed by atoms with Crippen LogP contribution >= 0.6 is 0 Å². The van der Waals surface area contributed by atoms with Crippen molar-refractivity contribution in [1.82, 2.24) is 13.6 Å². The zero-order valence-electron chi connectivity index (χ0n) is 11.3. The predicted molar refractivity (Wildman–Crippen MR) is 74.6 cm³/mol. The van der Waals surface area contributed by atoms with Crippen LogP contribution < -0.4 is 4.74 Å². The largest absolute Gasteiger partial charge is 0.473 e. The Morgan fingerprint density at radius 2 is 1.95 bits per heavy atom. The van der Waals surface area contributed by atoms with Crippen LogP contribution in [0.4, 0.5) is 0 Å². The monoisotopic (exact) mass is 297 g/mol. The van der Waals surface area contributed by atoms with E-state index in [2.05, 4.69) is 4.98 Å². The van der Waals surface area contributed by atoms with Crippen LogP contribution in [-0.2, 0) is 10.2 Å². The summed E-state index contributed by atoms with van der Waals surface area (Å²) in [5, 5.41) is 0. The van der Waals surface area contributed by atoms with E-state index < -0.39 is 10.2 Å². The second-order valence-electron chi connectivity index (χ2n) is 5.17. The Hall–Kier alpha value is -1.18. The van der Waals surface area contributed by atoms with Gasteiger partial charge in [0.15, 0.2) is 0 Å². The van der Waals surface area contributed by atoms with Crippen LogP contribution in [0.3, 0.4) is 0 Å². The predicted octanol–water partition coefficient (Wildman–Crippen LogP) is 0.875. The molecule has 0 radical (unpaired) electrons. The molecule has 1 atom stereocenters. The van der Waals surface area contributed by atoms with Gasteiger partial charge >= 0.3 is 0 Å². The molecule has 2 aliphatic rings. The summed E-state index contributed by atoms with van der Waals surface area (Å²) in [7, 11) is -3.30. The summed E-state index contributed by atoms with van der Waals surface area (Å²) in [4.78, 5) is 4.11. The molecule has 20 heavy (non-hydrogen) atoms. The van der Waals surface area contributed by atoms with E-state index in [0.29, 0.717) is 38.5 Å². The van der Waals surface area contributed by atoms with Gasteiger partial charge in [0.25, 0.3) is 10.2 Å². The first-order chi connectivity index (χ1) is 9.66. The lowest BCUT2D eigenvalue weighted by molar-refractivity contribution is 0.206. The number of aromatic nitrogens is 1. The molecule has 2 fully saturated rings. The minimum atomic E-state index is -3.30. The summed E-state index contributed by atoms with van der Waals surface area (Å²) < 4.78 is 33.7. The normalized spacial score (nSPS) is 25.1. The first kappa shape index (κ1) is 13.8. The molecule has 110 valence electrons. The highest BCUT2D eigenvalue weighted by Gasteiger charge is 2.37. The minimum Gasteiger partial charge on any atom is -0.473 e. The fourth-order valence-corrected chi connectivity index (χ4v) is 4.41. The molecule has 3 heterocycles. The second kappa shape index (κ2) is 5.67. The van der Waals surface area contributed by atoms with Crippen molar-refractivity contribution < 1.29 is 13.2 Å². The highest BCUT2D eigenvalue weighted by molar-refractivity contribution is 7.86. The maximum Gasteiger partial charge on any atom is 0.282 e. The fraction of sp³-hybridized carbons (Fsp3) is 0.615. The molecular formula is C13H19N3O3S. The summed E-state index contributed by atoms with van der Waals surface area (Å²) in [6.45, 7) is 2.22. The van der Waals surface area contributed by atoms with E-state index in [0.717, 1.165) is 12.8 Å². The smallest absolute Gasteiger partial charge is 0.282 e. The number of hydrogen-bond donors (Lipinski definition) is 0. The van der Waals surface area contributed by atoms with E-state index in [9.17, 15) is 8.42 Å². The van der Waals surface area contributed by atoms with Crippen molar-refractivity contribution in [3.8, 4) is 5.88 Å². The van der Waals surface area contributed by atoms with Gasteiger partial charge in [-0.3, -0.25) is 0 Å². The Morgan fingerprint density at radius 3 is 2.65 bits per heavy atom. The van der Waals surface area contributed by atoms with Gasteiger partial charge in [0.05, 0.1) is 6.54 Å². The first-order valence-electron chi connectivity index (χ1n) is 6.99. The number of ether oxygens (including phenoxy) is 1. The zero-order chi connectivity index (χ0) is 14.0. The first-order valence-corrected chi connectivity index (χ1v) is 8.39. The third kappa shape index (κ3) is 2.79. The maximum atomic E-state index is 12.4. The summed E-state index contributed by atoms with van der Waals surface area (Å²) in [6, 6.07) is 5.47. The van der Waals surface area contributed by atoms with Gasteiger partial charge < -0.3 is 4.74 Å². The van der Waals surface area contributed by atoms with Gasteiger partial charge in [-0.25, -0.2) is 4.98 Å². The van der Waals surface area contributed by atoms with Crippen molar-refractivity contribution in [2.45, 2.75) is 25.4 Å². The van der Waals surface area contributed by atoms with Crippen LogP contribution in [0.25, 0.3) is 0 Å². The van der Waals surface area contributed by atoms with E-state index in [4.69, 9.17) is 4.74 Å². The van der Waals surface area contributed by atoms with Gasteiger partial charge in [-0.05, 0) is 25.3 Å². The standard InChI is InChI=1S/C13H19N3O3S/c17-20(18,15-8-3-4-9-15)16-10-6-12(11-16)19-13-5-1-2-7-14-13/h1-2,5,7,12H,3-4,6,8-11H2/t12-/m1/s1. The summed E-state index contributed by atoms with van der Waals surface area (Å²) >= 11 is 0. The third-order valence-electron chi connectivity index (χ3n) is 3.75. The van der Waals surface area contributed by atoms with Crippen LogP contribution in [0.15, 0.2) is 24.4 Å². The van der Waals surface area contributed by atoms with Crippen LogP contribution in [0.5, 0.6) is 5.88 Å². The fourth-order valence-electron chi connectivity index (χ4n) is 2.67. The molecule has 0 bridgehead atoms. The van der Waals surface area contributed by atoms with Gasteiger partial charge in [-0.15, -0.1) is 0 Å². The Labute approximate surface area is 119 Å². The van der Waals surface area contributed by atoms with E-state index in [1.54, 1.807) is 16.6 Å². The lowest BCUT2D eigenvalue weighted by atomic mass is 10.3. The van der Waals surface area contributed by atoms with Gasteiger partial charge in [0.2, 0.25) is 5.88 Å². The average Bonchev–Trinajstić information content (AvgIpc) is 3.11. The van der Waals surface area contributed by atoms with Crippen molar-refractivity contribution in [2.24, 2.45) is 0 Å². The van der Waals surface area contributed by atoms with Crippen LogP contribution in [0.1, 0.15) is 19.3 Å². The molecule has 3 rings (SSSR count). The molecule has 1 aromatic rings. The Bertz CT molecular complexity index is 543. The molecule has 0 spiro atoms. The van der Waals surface area contributed by atoms with Crippen LogP contribution in [0.2, 0.25) is 0 Å².